The number of anilines is 1. The van der Waals surface area contributed by atoms with E-state index >= 15 is 0 Å². The van der Waals surface area contributed by atoms with Gasteiger partial charge in [-0.05, 0) is 36.8 Å². The molecule has 0 radical (unpaired) electrons. The lowest BCUT2D eigenvalue weighted by Gasteiger charge is -2.07. The van der Waals surface area contributed by atoms with Gasteiger partial charge < -0.3 is 10.1 Å². The molecule has 136 valence electrons. The Morgan fingerprint density at radius 2 is 2.00 bits per heavy atom. The van der Waals surface area contributed by atoms with Gasteiger partial charge in [0.05, 0.1) is 19.2 Å². The summed E-state index contributed by atoms with van der Waals surface area (Å²) in [5.74, 6) is 0.723. The Labute approximate surface area is 161 Å². The Hall–Kier alpha value is -3.12. The highest BCUT2D eigenvalue weighted by Crippen LogP contribution is 2.25. The quantitative estimate of drug-likeness (QED) is 0.555. The summed E-state index contributed by atoms with van der Waals surface area (Å²) in [6.45, 7) is 2.07. The predicted octanol–water partition coefficient (Wildman–Crippen LogP) is 4.56. The first-order valence-corrected chi connectivity index (χ1v) is 9.41. The molecule has 4 rings (SSSR count). The molecular weight excluding hydrogens is 358 g/mol. The number of methoxy groups -OCH3 is 1. The molecule has 0 saturated carbocycles. The summed E-state index contributed by atoms with van der Waals surface area (Å²) in [5.41, 5.74) is 3.58. The second kappa shape index (κ2) is 7.25. The van der Waals surface area contributed by atoms with Crippen LogP contribution in [-0.4, -0.2) is 22.4 Å². The van der Waals surface area contributed by atoms with Crippen LogP contribution in [0, 0.1) is 6.92 Å². The number of hydrogen-bond acceptors (Lipinski definition) is 4. The van der Waals surface area contributed by atoms with E-state index in [4.69, 9.17) is 4.74 Å². The van der Waals surface area contributed by atoms with E-state index in [9.17, 15) is 4.79 Å². The number of thiazole rings is 1. The summed E-state index contributed by atoms with van der Waals surface area (Å²) in [6.07, 6.45) is 4.39. The van der Waals surface area contributed by atoms with Gasteiger partial charge in [0, 0.05) is 28.5 Å². The molecule has 0 spiro atoms. The number of aryl methyl sites for hydroxylation is 1. The first kappa shape index (κ1) is 17.3. The maximum atomic E-state index is 12.4. The second-order valence-electron chi connectivity index (χ2n) is 6.31. The molecule has 1 amide bonds. The van der Waals surface area contributed by atoms with Gasteiger partial charge in [-0.15, -0.1) is 11.3 Å². The number of rotatable bonds is 5. The molecule has 4 aromatic rings. The molecule has 0 aliphatic heterocycles. The number of carbonyl (C=O) groups excluding carboxylic acids is 1. The molecule has 2 aromatic carbocycles. The van der Waals surface area contributed by atoms with Crippen LogP contribution >= 0.6 is 11.3 Å². The van der Waals surface area contributed by atoms with Crippen LogP contribution in [0.25, 0.3) is 16.2 Å². The normalized spacial score (nSPS) is 10.9. The number of aromatic nitrogens is 2. The van der Waals surface area contributed by atoms with Gasteiger partial charge in [-0.3, -0.25) is 9.20 Å². The number of amides is 1. The Bertz CT molecular complexity index is 1060. The third kappa shape index (κ3) is 3.85. The van der Waals surface area contributed by atoms with Gasteiger partial charge >= 0.3 is 0 Å². The largest absolute Gasteiger partial charge is 0.497 e. The zero-order chi connectivity index (χ0) is 18.8. The van der Waals surface area contributed by atoms with Gasteiger partial charge in [-0.1, -0.05) is 24.3 Å². The van der Waals surface area contributed by atoms with Gasteiger partial charge in [-0.25, -0.2) is 4.98 Å². The van der Waals surface area contributed by atoms with Gasteiger partial charge in [0.15, 0.2) is 4.96 Å². The minimum atomic E-state index is -0.0567. The van der Waals surface area contributed by atoms with Crippen molar-refractivity contribution in [1.82, 2.24) is 9.38 Å². The lowest BCUT2D eigenvalue weighted by Crippen LogP contribution is -2.14. The third-order valence-electron chi connectivity index (χ3n) is 4.24. The van der Waals surface area contributed by atoms with Crippen molar-refractivity contribution in [1.29, 1.82) is 0 Å². The number of hydrogen-bond donors (Lipinski definition) is 1. The van der Waals surface area contributed by atoms with Crippen LogP contribution in [0.2, 0.25) is 0 Å². The maximum Gasteiger partial charge on any atom is 0.228 e. The molecule has 0 saturated heterocycles. The SMILES string of the molecule is COc1ccc(CC(=O)Nc2cccc(-c3cn4cc(C)sc4n3)c2)cc1. The molecule has 0 fully saturated rings. The van der Waals surface area contributed by atoms with E-state index < -0.39 is 0 Å². The molecule has 2 aromatic heterocycles. The van der Waals surface area contributed by atoms with Crippen molar-refractivity contribution in [2.24, 2.45) is 0 Å². The molecule has 27 heavy (non-hydrogen) atoms. The summed E-state index contributed by atoms with van der Waals surface area (Å²) < 4.78 is 7.17. The molecule has 0 atom stereocenters. The standard InChI is InChI=1S/C21H19N3O2S/c1-14-12-24-13-19(23-21(24)27-14)16-4-3-5-17(11-16)22-20(25)10-15-6-8-18(26-2)9-7-15/h3-9,11-13H,10H2,1-2H3,(H,22,25). The maximum absolute atomic E-state index is 12.4. The van der Waals surface area contributed by atoms with E-state index in [0.717, 1.165) is 33.2 Å². The van der Waals surface area contributed by atoms with Crippen LogP contribution in [0.4, 0.5) is 5.69 Å². The number of benzene rings is 2. The van der Waals surface area contributed by atoms with Crippen molar-refractivity contribution >= 4 is 27.9 Å². The molecule has 0 bridgehead atoms. The molecule has 2 heterocycles. The van der Waals surface area contributed by atoms with E-state index in [0.29, 0.717) is 6.42 Å². The van der Waals surface area contributed by atoms with E-state index in [1.165, 1.54) is 4.88 Å². The van der Waals surface area contributed by atoms with E-state index in [1.807, 2.05) is 59.1 Å². The van der Waals surface area contributed by atoms with Crippen molar-refractivity contribution in [3.05, 3.63) is 71.4 Å². The molecule has 0 aliphatic rings. The number of carbonyl (C=O) groups is 1. The highest BCUT2D eigenvalue weighted by Gasteiger charge is 2.09. The predicted molar refractivity (Wildman–Crippen MR) is 109 cm³/mol. The fraction of sp³-hybridized carbons (Fsp3) is 0.143. The number of fused-ring (bicyclic) bond motifs is 1. The first-order chi connectivity index (χ1) is 13.1. The smallest absolute Gasteiger partial charge is 0.228 e. The summed E-state index contributed by atoms with van der Waals surface area (Å²) in [7, 11) is 1.62. The topological polar surface area (TPSA) is 55.6 Å². The van der Waals surface area contributed by atoms with Crippen LogP contribution in [0.5, 0.6) is 5.75 Å². The average Bonchev–Trinajstić information content (AvgIpc) is 3.20. The summed E-state index contributed by atoms with van der Waals surface area (Å²) in [5, 5.41) is 2.96. The monoisotopic (exact) mass is 377 g/mol. The van der Waals surface area contributed by atoms with Crippen LogP contribution in [0.1, 0.15) is 10.4 Å². The van der Waals surface area contributed by atoms with Gasteiger partial charge in [0.25, 0.3) is 0 Å². The third-order valence-corrected chi connectivity index (χ3v) is 5.15. The van der Waals surface area contributed by atoms with Crippen LogP contribution < -0.4 is 10.1 Å². The zero-order valence-corrected chi connectivity index (χ0v) is 15.9. The van der Waals surface area contributed by atoms with E-state index in [-0.39, 0.29) is 5.91 Å². The van der Waals surface area contributed by atoms with Crippen LogP contribution in [0.15, 0.2) is 60.9 Å². The summed E-state index contributed by atoms with van der Waals surface area (Å²) in [6, 6.07) is 15.3. The van der Waals surface area contributed by atoms with Gasteiger partial charge in [0.2, 0.25) is 5.91 Å². The Morgan fingerprint density at radius 3 is 2.74 bits per heavy atom. The summed E-state index contributed by atoms with van der Waals surface area (Å²) >= 11 is 1.66. The fourth-order valence-corrected chi connectivity index (χ4v) is 3.75. The van der Waals surface area contributed by atoms with Crippen LogP contribution in [-0.2, 0) is 11.2 Å². The van der Waals surface area contributed by atoms with Crippen molar-refractivity contribution in [3.63, 3.8) is 0 Å². The van der Waals surface area contributed by atoms with Gasteiger partial charge in [-0.2, -0.15) is 0 Å². The molecule has 1 N–H and O–H groups in total. The number of nitrogens with one attached hydrogen (secondary N) is 1. The highest BCUT2D eigenvalue weighted by atomic mass is 32.1. The Morgan fingerprint density at radius 1 is 1.19 bits per heavy atom. The molecule has 0 aliphatic carbocycles. The van der Waals surface area contributed by atoms with Gasteiger partial charge in [0.1, 0.15) is 5.75 Å². The molecule has 6 heteroatoms. The number of imidazole rings is 1. The zero-order valence-electron chi connectivity index (χ0n) is 15.1. The van der Waals surface area contributed by atoms with Crippen molar-refractivity contribution in [3.8, 4) is 17.0 Å². The number of ether oxygens (including phenoxy) is 1. The highest BCUT2D eigenvalue weighted by molar-refractivity contribution is 7.17. The minimum absolute atomic E-state index is 0.0567. The van der Waals surface area contributed by atoms with E-state index in [2.05, 4.69) is 23.4 Å². The minimum Gasteiger partial charge on any atom is -0.497 e. The Balaban J connectivity index is 1.48. The molecule has 5 nitrogen and oxygen atoms in total. The van der Waals surface area contributed by atoms with Crippen molar-refractivity contribution in [2.45, 2.75) is 13.3 Å². The lowest BCUT2D eigenvalue weighted by atomic mass is 10.1. The van der Waals surface area contributed by atoms with Crippen molar-refractivity contribution in [2.75, 3.05) is 12.4 Å². The van der Waals surface area contributed by atoms with Crippen LogP contribution in [0.3, 0.4) is 0 Å². The first-order valence-electron chi connectivity index (χ1n) is 8.59. The fourth-order valence-electron chi connectivity index (χ4n) is 2.94. The average molecular weight is 377 g/mol. The van der Waals surface area contributed by atoms with Crippen molar-refractivity contribution < 1.29 is 9.53 Å². The lowest BCUT2D eigenvalue weighted by molar-refractivity contribution is -0.115. The molecular formula is C21H19N3O2S. The number of nitrogens with zero attached hydrogens (tertiary/aromatic N) is 2. The second-order valence-corrected chi connectivity index (χ2v) is 7.52. The van der Waals surface area contributed by atoms with E-state index in [1.54, 1.807) is 18.4 Å². The Kier molecular flexibility index (Phi) is 4.64. The molecule has 0 unspecified atom stereocenters. The summed E-state index contributed by atoms with van der Waals surface area (Å²) in [4.78, 5) is 19.2.